The van der Waals surface area contributed by atoms with Crippen LogP contribution in [0.15, 0.2) is 33.6 Å². The van der Waals surface area contributed by atoms with Crippen LogP contribution in [0.1, 0.15) is 33.6 Å². The zero-order valence-electron chi connectivity index (χ0n) is 12.0. The lowest BCUT2D eigenvalue weighted by Crippen LogP contribution is -2.15. The molecule has 1 aromatic heterocycles. The van der Waals surface area contributed by atoms with Gasteiger partial charge in [-0.05, 0) is 59.3 Å². The number of benzene rings is 1. The third kappa shape index (κ3) is 3.15. The molecule has 0 spiro atoms. The molecule has 2 aromatic rings. The second-order valence-corrected chi connectivity index (χ2v) is 8.87. The molecule has 3 rings (SSSR count). The number of carbonyl (C=O) groups is 1. The van der Waals surface area contributed by atoms with Crippen molar-refractivity contribution < 1.29 is 18.3 Å². The van der Waals surface area contributed by atoms with Crippen molar-refractivity contribution in [2.24, 2.45) is 0 Å². The molecule has 2 N–H and O–H groups in total. The van der Waals surface area contributed by atoms with Gasteiger partial charge in [-0.1, -0.05) is 12.1 Å². The molecule has 0 unspecified atom stereocenters. The van der Waals surface area contributed by atoms with E-state index in [9.17, 15) is 18.3 Å². The van der Waals surface area contributed by atoms with Crippen LogP contribution < -0.4 is 4.72 Å². The Balaban J connectivity index is 2.05. The Morgan fingerprint density at radius 2 is 1.91 bits per heavy atom. The van der Waals surface area contributed by atoms with Crippen LogP contribution in [0.3, 0.4) is 0 Å². The van der Waals surface area contributed by atoms with E-state index in [1.165, 1.54) is 17.4 Å². The Morgan fingerprint density at radius 3 is 2.61 bits per heavy atom. The van der Waals surface area contributed by atoms with Crippen LogP contribution in [0, 0.1) is 0 Å². The first-order valence-electron chi connectivity index (χ1n) is 7.05. The van der Waals surface area contributed by atoms with E-state index >= 15 is 0 Å². The van der Waals surface area contributed by atoms with E-state index in [-0.39, 0.29) is 15.5 Å². The number of aryl methyl sites for hydroxylation is 1. The number of rotatable bonds is 4. The largest absolute Gasteiger partial charge is 0.478 e. The average Bonchev–Trinajstić information content (AvgIpc) is 2.84. The highest BCUT2D eigenvalue weighted by atomic mass is 79.9. The predicted molar refractivity (Wildman–Crippen MR) is 92.9 cm³/mol. The van der Waals surface area contributed by atoms with E-state index in [1.807, 2.05) is 0 Å². The quantitative estimate of drug-likeness (QED) is 0.792. The van der Waals surface area contributed by atoms with Crippen LogP contribution in [0.4, 0.5) is 5.00 Å². The van der Waals surface area contributed by atoms with Crippen molar-refractivity contribution in [2.75, 3.05) is 4.72 Å². The van der Waals surface area contributed by atoms with E-state index in [4.69, 9.17) is 0 Å². The van der Waals surface area contributed by atoms with Gasteiger partial charge in [0, 0.05) is 9.35 Å². The topological polar surface area (TPSA) is 83.5 Å². The number of carboxylic acids is 1. The van der Waals surface area contributed by atoms with Crippen LogP contribution in [0.25, 0.3) is 0 Å². The highest BCUT2D eigenvalue weighted by molar-refractivity contribution is 9.10. The van der Waals surface area contributed by atoms with Gasteiger partial charge in [0.15, 0.2) is 0 Å². The van der Waals surface area contributed by atoms with Crippen molar-refractivity contribution in [3.63, 3.8) is 0 Å². The summed E-state index contributed by atoms with van der Waals surface area (Å²) in [4.78, 5) is 12.7. The molecule has 0 radical (unpaired) electrons. The Morgan fingerprint density at radius 1 is 1.22 bits per heavy atom. The lowest BCUT2D eigenvalue weighted by Gasteiger charge is -2.11. The zero-order chi connectivity index (χ0) is 16.6. The Bertz CT molecular complexity index is 874. The van der Waals surface area contributed by atoms with E-state index in [1.54, 1.807) is 18.2 Å². The number of thiophene rings is 1. The average molecular weight is 416 g/mol. The summed E-state index contributed by atoms with van der Waals surface area (Å²) >= 11 is 4.45. The molecule has 0 amide bonds. The van der Waals surface area contributed by atoms with Crippen LogP contribution in [-0.4, -0.2) is 19.5 Å². The smallest absolute Gasteiger partial charge is 0.339 e. The molecule has 0 fully saturated rings. The number of aromatic carboxylic acids is 1. The SMILES string of the molecule is O=C(O)c1c(NS(=O)(=O)c2ccccc2Br)sc2c1CCCC2. The van der Waals surface area contributed by atoms with Crippen LogP contribution in [0.5, 0.6) is 0 Å². The fourth-order valence-electron chi connectivity index (χ4n) is 2.70. The first-order valence-corrected chi connectivity index (χ1v) is 10.1. The molecule has 0 saturated carbocycles. The van der Waals surface area contributed by atoms with Crippen LogP contribution in [0.2, 0.25) is 0 Å². The summed E-state index contributed by atoms with van der Waals surface area (Å²) in [5.41, 5.74) is 0.874. The van der Waals surface area contributed by atoms with Crippen LogP contribution >= 0.6 is 27.3 Å². The Labute approximate surface area is 146 Å². The number of nitrogens with one attached hydrogen (secondary N) is 1. The van der Waals surface area contributed by atoms with Gasteiger partial charge in [0.2, 0.25) is 0 Å². The predicted octanol–water partition coefficient (Wildman–Crippen LogP) is 3.89. The summed E-state index contributed by atoms with van der Waals surface area (Å²) in [6.45, 7) is 0. The maximum absolute atomic E-state index is 12.6. The number of halogens is 1. The maximum Gasteiger partial charge on any atom is 0.339 e. The van der Waals surface area contributed by atoms with Gasteiger partial charge in [-0.15, -0.1) is 11.3 Å². The molecule has 0 bridgehead atoms. The second-order valence-electron chi connectivity index (χ2n) is 5.26. The van der Waals surface area contributed by atoms with E-state index in [2.05, 4.69) is 20.7 Å². The third-order valence-electron chi connectivity index (χ3n) is 3.74. The number of sulfonamides is 1. The van der Waals surface area contributed by atoms with Gasteiger partial charge >= 0.3 is 5.97 Å². The lowest BCUT2D eigenvalue weighted by molar-refractivity contribution is 0.0697. The molecule has 1 heterocycles. The molecule has 5 nitrogen and oxygen atoms in total. The standard InChI is InChI=1S/C15H14BrNO4S2/c16-10-6-2-4-8-12(10)23(20,21)17-14-13(15(18)19)9-5-1-3-7-11(9)22-14/h2,4,6,8,17H,1,3,5,7H2,(H,18,19). The highest BCUT2D eigenvalue weighted by Gasteiger charge is 2.28. The molecule has 1 aliphatic rings. The van der Waals surface area contributed by atoms with Gasteiger partial charge in [-0.2, -0.15) is 0 Å². The molecule has 8 heteroatoms. The van der Waals surface area contributed by atoms with E-state index in [0.717, 1.165) is 29.7 Å². The van der Waals surface area contributed by atoms with Crippen molar-refractivity contribution in [1.29, 1.82) is 0 Å². The first-order chi connectivity index (χ1) is 10.9. The van der Waals surface area contributed by atoms with Crippen molar-refractivity contribution in [3.8, 4) is 0 Å². The molecular formula is C15H14BrNO4S2. The van der Waals surface area contributed by atoms with Gasteiger partial charge in [0.1, 0.15) is 9.90 Å². The van der Waals surface area contributed by atoms with Crippen molar-refractivity contribution in [1.82, 2.24) is 0 Å². The number of carboxylic acid groups (broad SMARTS) is 1. The monoisotopic (exact) mass is 415 g/mol. The summed E-state index contributed by atoms with van der Waals surface area (Å²) in [5.74, 6) is -1.09. The number of fused-ring (bicyclic) bond motifs is 1. The fourth-order valence-corrected chi connectivity index (χ4v) is 6.29. The highest BCUT2D eigenvalue weighted by Crippen LogP contribution is 2.39. The minimum absolute atomic E-state index is 0.0858. The molecule has 1 aliphatic carbocycles. The van der Waals surface area contributed by atoms with Crippen LogP contribution in [-0.2, 0) is 22.9 Å². The molecule has 1 aromatic carbocycles. The summed E-state index contributed by atoms with van der Waals surface area (Å²) in [5, 5.41) is 9.69. The van der Waals surface area contributed by atoms with Gasteiger partial charge < -0.3 is 5.11 Å². The molecule has 122 valence electrons. The Kier molecular flexibility index (Phi) is 4.48. The van der Waals surface area contributed by atoms with E-state index < -0.39 is 16.0 Å². The normalized spacial score (nSPS) is 14.3. The molecular weight excluding hydrogens is 402 g/mol. The second kappa shape index (κ2) is 6.26. The Hall–Kier alpha value is -1.38. The number of hydrogen-bond acceptors (Lipinski definition) is 4. The molecule has 0 saturated heterocycles. The maximum atomic E-state index is 12.6. The summed E-state index contributed by atoms with van der Waals surface area (Å²) in [6.07, 6.45) is 3.42. The summed E-state index contributed by atoms with van der Waals surface area (Å²) in [7, 11) is -3.85. The molecule has 0 aliphatic heterocycles. The first kappa shape index (κ1) is 16.5. The van der Waals surface area contributed by atoms with Gasteiger partial charge in [0.25, 0.3) is 10.0 Å². The van der Waals surface area contributed by atoms with Gasteiger partial charge in [-0.3, -0.25) is 4.72 Å². The van der Waals surface area contributed by atoms with Crippen molar-refractivity contribution >= 4 is 48.3 Å². The van der Waals surface area contributed by atoms with E-state index in [0.29, 0.717) is 10.9 Å². The lowest BCUT2D eigenvalue weighted by atomic mass is 9.96. The zero-order valence-corrected chi connectivity index (χ0v) is 15.2. The van der Waals surface area contributed by atoms with Gasteiger partial charge in [-0.25, -0.2) is 13.2 Å². The van der Waals surface area contributed by atoms with Crippen molar-refractivity contribution in [3.05, 3.63) is 44.7 Å². The van der Waals surface area contributed by atoms with Crippen molar-refractivity contribution in [2.45, 2.75) is 30.6 Å². The molecule has 23 heavy (non-hydrogen) atoms. The third-order valence-corrected chi connectivity index (χ3v) is 7.44. The minimum Gasteiger partial charge on any atom is -0.478 e. The minimum atomic E-state index is -3.85. The number of hydrogen-bond donors (Lipinski definition) is 2. The number of anilines is 1. The molecule has 0 atom stereocenters. The fraction of sp³-hybridized carbons (Fsp3) is 0.267. The van der Waals surface area contributed by atoms with Gasteiger partial charge in [0.05, 0.1) is 5.56 Å². The summed E-state index contributed by atoms with van der Waals surface area (Å²) in [6, 6.07) is 6.44. The summed E-state index contributed by atoms with van der Waals surface area (Å²) < 4.78 is 28.1.